The zero-order chi connectivity index (χ0) is 15.3. The van der Waals surface area contributed by atoms with Gasteiger partial charge in [0.1, 0.15) is 5.82 Å². The van der Waals surface area contributed by atoms with E-state index in [-0.39, 0.29) is 5.82 Å². The van der Waals surface area contributed by atoms with E-state index in [0.717, 1.165) is 31.7 Å². The van der Waals surface area contributed by atoms with Gasteiger partial charge in [0.15, 0.2) is 0 Å². The predicted molar refractivity (Wildman–Crippen MR) is 82.8 cm³/mol. The van der Waals surface area contributed by atoms with E-state index in [1.165, 1.54) is 6.07 Å². The van der Waals surface area contributed by atoms with Crippen molar-refractivity contribution in [1.82, 2.24) is 4.90 Å². The molecule has 1 unspecified atom stereocenters. The molecule has 0 spiro atoms. The Hall–Kier alpha value is -1.13. The fraction of sp³-hybridized carbons (Fsp3) is 0.625. The van der Waals surface area contributed by atoms with Gasteiger partial charge in [-0.15, -0.1) is 0 Å². The molecule has 4 heteroatoms. The van der Waals surface area contributed by atoms with Crippen LogP contribution in [0.1, 0.15) is 37.5 Å². The minimum absolute atomic E-state index is 0.256. The summed E-state index contributed by atoms with van der Waals surface area (Å²) in [6.07, 6.45) is 0.374. The van der Waals surface area contributed by atoms with Crippen LogP contribution in [0.25, 0.3) is 0 Å². The highest BCUT2D eigenvalue weighted by molar-refractivity contribution is 5.56. The van der Waals surface area contributed by atoms with Gasteiger partial charge >= 0.3 is 0 Å². The van der Waals surface area contributed by atoms with Crippen molar-refractivity contribution in [2.45, 2.75) is 33.3 Å². The van der Waals surface area contributed by atoms with Gasteiger partial charge in [-0.1, -0.05) is 0 Å². The fourth-order valence-corrected chi connectivity index (χ4v) is 2.32. The van der Waals surface area contributed by atoms with E-state index in [1.54, 1.807) is 13.8 Å². The second-order valence-electron chi connectivity index (χ2n) is 5.57. The third-order valence-electron chi connectivity index (χ3n) is 3.51. The summed E-state index contributed by atoms with van der Waals surface area (Å²) < 4.78 is 13.7. The third-order valence-corrected chi connectivity index (χ3v) is 3.51. The monoisotopic (exact) mass is 282 g/mol. The van der Waals surface area contributed by atoms with Crippen molar-refractivity contribution in [2.75, 3.05) is 38.6 Å². The number of aliphatic hydroxyl groups is 1. The second-order valence-corrected chi connectivity index (χ2v) is 5.57. The number of hydrogen-bond donors (Lipinski definition) is 1. The van der Waals surface area contributed by atoms with Gasteiger partial charge in [0.25, 0.3) is 0 Å². The average molecular weight is 282 g/mol. The van der Waals surface area contributed by atoms with Crippen molar-refractivity contribution >= 4 is 5.69 Å². The van der Waals surface area contributed by atoms with Gasteiger partial charge in [0, 0.05) is 24.3 Å². The van der Waals surface area contributed by atoms with Crippen LogP contribution in [0.4, 0.5) is 10.1 Å². The summed E-state index contributed by atoms with van der Waals surface area (Å²) in [7, 11) is 4.11. The van der Waals surface area contributed by atoms with Crippen LogP contribution in [-0.2, 0) is 0 Å². The highest BCUT2D eigenvalue weighted by Gasteiger charge is 2.16. The molecule has 0 saturated carbocycles. The fourth-order valence-electron chi connectivity index (χ4n) is 2.32. The molecule has 1 aromatic carbocycles. The first-order chi connectivity index (χ1) is 9.36. The summed E-state index contributed by atoms with van der Waals surface area (Å²) in [5.41, 5.74) is 2.23. The lowest BCUT2D eigenvalue weighted by atomic mass is 10.0. The Morgan fingerprint density at radius 2 is 1.90 bits per heavy atom. The second kappa shape index (κ2) is 7.60. The Morgan fingerprint density at radius 3 is 2.40 bits per heavy atom. The molecule has 0 saturated heterocycles. The molecule has 0 aliphatic rings. The van der Waals surface area contributed by atoms with Crippen molar-refractivity contribution in [1.29, 1.82) is 0 Å². The van der Waals surface area contributed by atoms with E-state index in [9.17, 15) is 9.50 Å². The standard InChI is InChI=1S/C16H27FN2O/c1-6-19(9-7-8-18(4)5)16-10-12(2)15(17)11-14(16)13(3)20/h10-11,13,20H,6-9H2,1-5H3. The van der Waals surface area contributed by atoms with E-state index in [0.29, 0.717) is 11.1 Å². The normalized spacial score (nSPS) is 12.8. The first-order valence-corrected chi connectivity index (χ1v) is 7.24. The van der Waals surface area contributed by atoms with Crippen LogP contribution in [-0.4, -0.2) is 43.7 Å². The van der Waals surface area contributed by atoms with Crippen LogP contribution in [0.2, 0.25) is 0 Å². The maximum Gasteiger partial charge on any atom is 0.126 e. The van der Waals surface area contributed by atoms with E-state index in [2.05, 4.69) is 30.8 Å². The van der Waals surface area contributed by atoms with Crippen molar-refractivity contribution in [3.05, 3.63) is 29.1 Å². The summed E-state index contributed by atoms with van der Waals surface area (Å²) in [4.78, 5) is 4.36. The van der Waals surface area contributed by atoms with Gasteiger partial charge in [-0.2, -0.15) is 0 Å². The Bertz CT molecular complexity index is 433. The lowest BCUT2D eigenvalue weighted by Gasteiger charge is -2.28. The maximum absolute atomic E-state index is 13.7. The summed E-state index contributed by atoms with van der Waals surface area (Å²) in [6, 6.07) is 3.31. The van der Waals surface area contributed by atoms with Crippen LogP contribution in [0.15, 0.2) is 12.1 Å². The largest absolute Gasteiger partial charge is 0.389 e. The molecule has 0 bridgehead atoms. The summed E-state index contributed by atoms with van der Waals surface area (Å²) in [6.45, 7) is 8.29. The van der Waals surface area contributed by atoms with Gasteiger partial charge in [-0.05, 0) is 65.5 Å². The van der Waals surface area contributed by atoms with Gasteiger partial charge in [0.2, 0.25) is 0 Å². The molecule has 0 heterocycles. The summed E-state index contributed by atoms with van der Waals surface area (Å²) in [5.74, 6) is -0.256. The summed E-state index contributed by atoms with van der Waals surface area (Å²) in [5, 5.41) is 9.88. The summed E-state index contributed by atoms with van der Waals surface area (Å²) >= 11 is 0. The van der Waals surface area contributed by atoms with E-state index in [1.807, 2.05) is 6.07 Å². The highest BCUT2D eigenvalue weighted by Crippen LogP contribution is 2.29. The molecule has 0 fully saturated rings. The molecule has 3 nitrogen and oxygen atoms in total. The molecule has 0 amide bonds. The zero-order valence-corrected chi connectivity index (χ0v) is 13.3. The third kappa shape index (κ3) is 4.46. The Morgan fingerprint density at radius 1 is 1.25 bits per heavy atom. The van der Waals surface area contributed by atoms with Gasteiger partial charge < -0.3 is 14.9 Å². The van der Waals surface area contributed by atoms with Crippen molar-refractivity contribution in [3.8, 4) is 0 Å². The molecule has 114 valence electrons. The smallest absolute Gasteiger partial charge is 0.126 e. The number of benzene rings is 1. The minimum atomic E-state index is -0.664. The average Bonchev–Trinajstić information content (AvgIpc) is 2.37. The lowest BCUT2D eigenvalue weighted by molar-refractivity contribution is 0.199. The highest BCUT2D eigenvalue weighted by atomic mass is 19.1. The number of hydrogen-bond acceptors (Lipinski definition) is 3. The zero-order valence-electron chi connectivity index (χ0n) is 13.3. The molecule has 1 rings (SSSR count). The van der Waals surface area contributed by atoms with Crippen molar-refractivity contribution < 1.29 is 9.50 Å². The number of aryl methyl sites for hydroxylation is 1. The number of nitrogens with zero attached hydrogens (tertiary/aromatic N) is 2. The van der Waals surface area contributed by atoms with Crippen molar-refractivity contribution in [3.63, 3.8) is 0 Å². The lowest BCUT2D eigenvalue weighted by Crippen LogP contribution is -2.28. The quantitative estimate of drug-likeness (QED) is 0.833. The number of halogens is 1. The van der Waals surface area contributed by atoms with Gasteiger partial charge in [-0.3, -0.25) is 0 Å². The van der Waals surface area contributed by atoms with E-state index >= 15 is 0 Å². The van der Waals surface area contributed by atoms with Crippen LogP contribution in [0.5, 0.6) is 0 Å². The number of rotatable bonds is 7. The van der Waals surface area contributed by atoms with E-state index in [4.69, 9.17) is 0 Å². The van der Waals surface area contributed by atoms with Gasteiger partial charge in [-0.25, -0.2) is 4.39 Å². The molecular formula is C16H27FN2O. The molecule has 1 atom stereocenters. The van der Waals surface area contributed by atoms with E-state index < -0.39 is 6.10 Å². The molecule has 0 aromatic heterocycles. The van der Waals surface area contributed by atoms with Crippen LogP contribution in [0, 0.1) is 12.7 Å². The number of aliphatic hydroxyl groups excluding tert-OH is 1. The molecule has 0 radical (unpaired) electrons. The molecule has 1 aromatic rings. The van der Waals surface area contributed by atoms with Crippen molar-refractivity contribution in [2.24, 2.45) is 0 Å². The first kappa shape index (κ1) is 16.9. The van der Waals surface area contributed by atoms with Crippen LogP contribution in [0.3, 0.4) is 0 Å². The molecule has 0 aliphatic heterocycles. The Balaban J connectivity index is 2.98. The SMILES string of the molecule is CCN(CCCN(C)C)c1cc(C)c(F)cc1C(C)O. The Kier molecular flexibility index (Phi) is 6.43. The van der Waals surface area contributed by atoms with Gasteiger partial charge in [0.05, 0.1) is 6.10 Å². The predicted octanol–water partition coefficient (Wildman–Crippen LogP) is 2.97. The Labute approximate surface area is 122 Å². The maximum atomic E-state index is 13.7. The molecule has 0 aliphatic carbocycles. The molecule has 1 N–H and O–H groups in total. The van der Waals surface area contributed by atoms with Crippen LogP contribution >= 0.6 is 0 Å². The number of anilines is 1. The molecule has 20 heavy (non-hydrogen) atoms. The minimum Gasteiger partial charge on any atom is -0.389 e. The first-order valence-electron chi connectivity index (χ1n) is 7.24. The van der Waals surface area contributed by atoms with Crippen LogP contribution < -0.4 is 4.90 Å². The molecular weight excluding hydrogens is 255 g/mol. The topological polar surface area (TPSA) is 26.7 Å².